The van der Waals surface area contributed by atoms with Crippen LogP contribution in [-0.4, -0.2) is 41.5 Å². The number of anilines is 1. The molecule has 1 aliphatic rings. The molecule has 2 aromatic carbocycles. The highest BCUT2D eigenvalue weighted by Gasteiger charge is 2.26. The molecular weight excluding hydrogens is 480 g/mol. The van der Waals surface area contributed by atoms with Gasteiger partial charge in [0.2, 0.25) is 10.0 Å². The van der Waals surface area contributed by atoms with E-state index in [9.17, 15) is 13.2 Å². The monoisotopic (exact) mass is 512 g/mol. The molecule has 1 aliphatic heterocycles. The standard InChI is InChI=1S/C26H32N4O3S2/c1-5-13-29(14-6-2)35(32,33)21-10-8-20(9-11-21)26(31)27-25-22-16-34-17-23(22)28-30(25)24-12-7-18(3)15-19(24)4/h7-12,15H,5-6,13-14,16-17H2,1-4H3,(H,27,31). The molecule has 35 heavy (non-hydrogen) atoms. The number of hydrogen-bond donors (Lipinski definition) is 1. The summed E-state index contributed by atoms with van der Waals surface area (Å²) in [6.07, 6.45) is 1.49. The Balaban J connectivity index is 1.61. The number of rotatable bonds is 9. The van der Waals surface area contributed by atoms with Crippen molar-refractivity contribution in [1.82, 2.24) is 14.1 Å². The van der Waals surface area contributed by atoms with Crippen molar-refractivity contribution in [2.75, 3.05) is 18.4 Å². The molecule has 9 heteroatoms. The molecule has 1 N–H and O–H groups in total. The second-order valence-electron chi connectivity index (χ2n) is 8.85. The van der Waals surface area contributed by atoms with E-state index in [1.165, 1.54) is 22.0 Å². The van der Waals surface area contributed by atoms with Crippen LogP contribution >= 0.6 is 11.8 Å². The minimum absolute atomic E-state index is 0.202. The van der Waals surface area contributed by atoms with Gasteiger partial charge < -0.3 is 5.32 Å². The van der Waals surface area contributed by atoms with Crippen molar-refractivity contribution in [2.45, 2.75) is 56.9 Å². The molecule has 4 rings (SSSR count). The minimum atomic E-state index is -3.59. The van der Waals surface area contributed by atoms with Gasteiger partial charge in [-0.3, -0.25) is 4.79 Å². The van der Waals surface area contributed by atoms with Crippen LogP contribution in [0.25, 0.3) is 5.69 Å². The molecule has 2 heterocycles. The zero-order chi connectivity index (χ0) is 25.2. The summed E-state index contributed by atoms with van der Waals surface area (Å²) in [6, 6.07) is 12.3. The topological polar surface area (TPSA) is 84.3 Å². The highest BCUT2D eigenvalue weighted by atomic mass is 32.2. The molecular formula is C26H32N4O3S2. The molecule has 0 spiro atoms. The van der Waals surface area contributed by atoms with E-state index in [2.05, 4.69) is 11.4 Å². The largest absolute Gasteiger partial charge is 0.306 e. The summed E-state index contributed by atoms with van der Waals surface area (Å²) in [5.41, 5.74) is 5.59. The first-order valence-electron chi connectivity index (χ1n) is 11.9. The second kappa shape index (κ2) is 10.6. The van der Waals surface area contributed by atoms with Crippen molar-refractivity contribution in [3.63, 3.8) is 0 Å². The third-order valence-corrected chi connectivity index (χ3v) is 8.95. The van der Waals surface area contributed by atoms with Crippen LogP contribution in [0.4, 0.5) is 5.82 Å². The zero-order valence-corrected chi connectivity index (χ0v) is 22.3. The Hall–Kier alpha value is -2.62. The second-order valence-corrected chi connectivity index (χ2v) is 11.8. The molecule has 0 fully saturated rings. The number of carbonyl (C=O) groups excluding carboxylic acids is 1. The summed E-state index contributed by atoms with van der Waals surface area (Å²) in [4.78, 5) is 13.4. The molecule has 7 nitrogen and oxygen atoms in total. The van der Waals surface area contributed by atoms with Crippen LogP contribution in [0.15, 0.2) is 47.4 Å². The average molecular weight is 513 g/mol. The summed E-state index contributed by atoms with van der Waals surface area (Å²) in [6.45, 7) is 8.96. The SMILES string of the molecule is CCCN(CCC)S(=O)(=O)c1ccc(C(=O)Nc2c3c(nn2-c2ccc(C)cc2C)CSC3)cc1. The first-order valence-corrected chi connectivity index (χ1v) is 14.5. The van der Waals surface area contributed by atoms with Crippen molar-refractivity contribution in [3.8, 4) is 5.69 Å². The Morgan fingerprint density at radius 3 is 2.37 bits per heavy atom. The molecule has 0 aliphatic carbocycles. The van der Waals surface area contributed by atoms with Gasteiger partial charge in [-0.1, -0.05) is 31.5 Å². The Morgan fingerprint density at radius 2 is 1.74 bits per heavy atom. The lowest BCUT2D eigenvalue weighted by Crippen LogP contribution is -2.32. The maximum absolute atomic E-state index is 13.2. The van der Waals surface area contributed by atoms with Gasteiger partial charge in [0.05, 0.1) is 16.3 Å². The Morgan fingerprint density at radius 1 is 1.06 bits per heavy atom. The summed E-state index contributed by atoms with van der Waals surface area (Å²) in [7, 11) is -3.59. The van der Waals surface area contributed by atoms with Gasteiger partial charge in [-0.05, 0) is 62.6 Å². The van der Waals surface area contributed by atoms with Gasteiger partial charge in [-0.2, -0.15) is 21.2 Å². The van der Waals surface area contributed by atoms with Crippen LogP contribution in [0.3, 0.4) is 0 Å². The van der Waals surface area contributed by atoms with Crippen LogP contribution in [0.2, 0.25) is 0 Å². The lowest BCUT2D eigenvalue weighted by molar-refractivity contribution is 0.102. The summed E-state index contributed by atoms with van der Waals surface area (Å²) >= 11 is 1.77. The number of amides is 1. The van der Waals surface area contributed by atoms with Crippen molar-refractivity contribution in [1.29, 1.82) is 0 Å². The zero-order valence-electron chi connectivity index (χ0n) is 20.7. The van der Waals surface area contributed by atoms with Gasteiger partial charge in [0.1, 0.15) is 5.82 Å². The predicted molar refractivity (Wildman–Crippen MR) is 142 cm³/mol. The number of nitrogens with one attached hydrogen (secondary N) is 1. The molecule has 0 atom stereocenters. The smallest absolute Gasteiger partial charge is 0.256 e. The van der Waals surface area contributed by atoms with Crippen molar-refractivity contribution >= 4 is 33.5 Å². The van der Waals surface area contributed by atoms with E-state index in [1.54, 1.807) is 23.9 Å². The van der Waals surface area contributed by atoms with Crippen LogP contribution in [-0.2, 0) is 21.5 Å². The third kappa shape index (κ3) is 5.17. The van der Waals surface area contributed by atoms with E-state index in [4.69, 9.17) is 5.10 Å². The molecule has 1 aromatic heterocycles. The molecule has 0 saturated heterocycles. The summed E-state index contributed by atoms with van der Waals surface area (Å²) < 4.78 is 29.4. The van der Waals surface area contributed by atoms with Gasteiger partial charge in [-0.25, -0.2) is 13.1 Å². The van der Waals surface area contributed by atoms with Gasteiger partial charge in [0.15, 0.2) is 0 Å². The first kappa shape index (κ1) is 25.5. The number of thioether (sulfide) groups is 1. The van der Waals surface area contributed by atoms with Gasteiger partial charge >= 0.3 is 0 Å². The number of fused-ring (bicyclic) bond motifs is 1. The van der Waals surface area contributed by atoms with Crippen molar-refractivity contribution in [2.24, 2.45) is 0 Å². The van der Waals surface area contributed by atoms with Crippen LogP contribution in [0.5, 0.6) is 0 Å². The molecule has 186 valence electrons. The van der Waals surface area contributed by atoms with Crippen LogP contribution in [0.1, 0.15) is 59.4 Å². The summed E-state index contributed by atoms with van der Waals surface area (Å²) in [5.74, 6) is 1.99. The number of sulfonamides is 1. The molecule has 1 amide bonds. The van der Waals surface area contributed by atoms with E-state index in [0.29, 0.717) is 24.5 Å². The lowest BCUT2D eigenvalue weighted by atomic mass is 10.1. The van der Waals surface area contributed by atoms with E-state index < -0.39 is 10.0 Å². The fraction of sp³-hybridized carbons (Fsp3) is 0.385. The number of hydrogen-bond acceptors (Lipinski definition) is 5. The Kier molecular flexibility index (Phi) is 7.68. The third-order valence-electron chi connectivity index (χ3n) is 6.06. The summed E-state index contributed by atoms with van der Waals surface area (Å²) in [5, 5.41) is 7.85. The van der Waals surface area contributed by atoms with E-state index >= 15 is 0 Å². The molecule has 3 aromatic rings. The molecule has 0 radical (unpaired) electrons. The fourth-order valence-electron chi connectivity index (χ4n) is 4.32. The number of aromatic nitrogens is 2. The van der Waals surface area contributed by atoms with Crippen molar-refractivity contribution < 1.29 is 13.2 Å². The Labute approximate surface area is 212 Å². The first-order chi connectivity index (χ1) is 16.8. The van der Waals surface area contributed by atoms with E-state index in [1.807, 2.05) is 44.5 Å². The minimum Gasteiger partial charge on any atom is -0.306 e. The fourth-order valence-corrected chi connectivity index (χ4v) is 6.98. The number of aryl methyl sites for hydroxylation is 2. The molecule has 0 bridgehead atoms. The van der Waals surface area contributed by atoms with Crippen LogP contribution < -0.4 is 5.32 Å². The van der Waals surface area contributed by atoms with Crippen LogP contribution in [0, 0.1) is 13.8 Å². The molecule has 0 saturated carbocycles. The van der Waals surface area contributed by atoms with Gasteiger partial charge in [-0.15, -0.1) is 0 Å². The van der Waals surface area contributed by atoms with Gasteiger partial charge in [0.25, 0.3) is 5.91 Å². The number of benzene rings is 2. The van der Waals surface area contributed by atoms with E-state index in [0.717, 1.165) is 46.9 Å². The normalized spacial score (nSPS) is 13.3. The molecule has 0 unspecified atom stereocenters. The highest BCUT2D eigenvalue weighted by molar-refractivity contribution is 7.98. The maximum atomic E-state index is 13.2. The average Bonchev–Trinajstić information content (AvgIpc) is 3.41. The predicted octanol–water partition coefficient (Wildman–Crippen LogP) is 5.30. The Bertz CT molecular complexity index is 1330. The quantitative estimate of drug-likeness (QED) is 0.421. The maximum Gasteiger partial charge on any atom is 0.256 e. The number of carbonyl (C=O) groups is 1. The van der Waals surface area contributed by atoms with E-state index in [-0.39, 0.29) is 10.8 Å². The van der Waals surface area contributed by atoms with Gasteiger partial charge in [0, 0.05) is 35.7 Å². The van der Waals surface area contributed by atoms with Crippen molar-refractivity contribution in [3.05, 3.63) is 70.4 Å². The number of nitrogens with zero attached hydrogens (tertiary/aromatic N) is 3. The highest BCUT2D eigenvalue weighted by Crippen LogP contribution is 2.37. The lowest BCUT2D eigenvalue weighted by Gasteiger charge is -2.21.